The lowest BCUT2D eigenvalue weighted by atomic mass is 10.1. The molecule has 1 aromatic heterocycles. The van der Waals surface area contributed by atoms with Crippen molar-refractivity contribution in [1.82, 2.24) is 9.88 Å². The van der Waals surface area contributed by atoms with Gasteiger partial charge < -0.3 is 19.3 Å². The predicted octanol–water partition coefficient (Wildman–Crippen LogP) is 4.06. The summed E-state index contributed by atoms with van der Waals surface area (Å²) in [6.45, 7) is 7.48. The summed E-state index contributed by atoms with van der Waals surface area (Å²) >= 11 is 0. The average molecular weight is 377 g/mol. The van der Waals surface area contributed by atoms with E-state index in [1.807, 2.05) is 18.2 Å². The van der Waals surface area contributed by atoms with Gasteiger partial charge in [0.05, 0.1) is 19.9 Å². The molecular formula is C23H27N3O2. The van der Waals surface area contributed by atoms with E-state index in [2.05, 4.69) is 47.1 Å². The molecule has 0 atom stereocenters. The first-order valence-electron chi connectivity index (χ1n) is 9.83. The summed E-state index contributed by atoms with van der Waals surface area (Å²) in [5.74, 6) is 2.51. The summed E-state index contributed by atoms with van der Waals surface area (Å²) < 4.78 is 10.9. The SMILES string of the molecule is CCN1CCN(c2nc(-c3ccc(OC)c(OC)c3)cc3ccccc23)CC1. The van der Waals surface area contributed by atoms with Crippen molar-refractivity contribution in [3.05, 3.63) is 48.5 Å². The van der Waals surface area contributed by atoms with Gasteiger partial charge in [-0.05, 0) is 36.2 Å². The molecule has 0 spiro atoms. The van der Waals surface area contributed by atoms with E-state index in [0.29, 0.717) is 5.75 Å². The number of hydrogen-bond donors (Lipinski definition) is 0. The van der Waals surface area contributed by atoms with Gasteiger partial charge in [0.2, 0.25) is 0 Å². The number of fused-ring (bicyclic) bond motifs is 1. The van der Waals surface area contributed by atoms with E-state index in [0.717, 1.165) is 55.5 Å². The van der Waals surface area contributed by atoms with Gasteiger partial charge in [-0.25, -0.2) is 4.98 Å². The number of methoxy groups -OCH3 is 2. The van der Waals surface area contributed by atoms with Crippen molar-refractivity contribution < 1.29 is 9.47 Å². The first-order chi connectivity index (χ1) is 13.7. The third kappa shape index (κ3) is 3.50. The summed E-state index contributed by atoms with van der Waals surface area (Å²) in [5.41, 5.74) is 1.98. The predicted molar refractivity (Wildman–Crippen MR) is 115 cm³/mol. The fourth-order valence-corrected chi connectivity index (χ4v) is 3.84. The third-order valence-electron chi connectivity index (χ3n) is 5.52. The second-order valence-corrected chi connectivity index (χ2v) is 7.04. The number of piperazine rings is 1. The van der Waals surface area contributed by atoms with Crippen molar-refractivity contribution in [3.8, 4) is 22.8 Å². The molecule has 1 fully saturated rings. The minimum Gasteiger partial charge on any atom is -0.493 e. The van der Waals surface area contributed by atoms with Crippen LogP contribution >= 0.6 is 0 Å². The highest BCUT2D eigenvalue weighted by Gasteiger charge is 2.20. The standard InChI is InChI=1S/C23H27N3O2/c1-4-25-11-13-26(14-12-25)23-19-8-6-5-7-17(19)15-20(24-23)18-9-10-21(27-2)22(16-18)28-3/h5-10,15-16H,4,11-14H2,1-3H3. The van der Waals surface area contributed by atoms with Gasteiger partial charge in [-0.3, -0.25) is 0 Å². The highest BCUT2D eigenvalue weighted by atomic mass is 16.5. The number of hydrogen-bond acceptors (Lipinski definition) is 5. The Kier molecular flexibility index (Phi) is 5.35. The molecule has 1 aliphatic heterocycles. The second-order valence-electron chi connectivity index (χ2n) is 7.04. The number of pyridine rings is 1. The van der Waals surface area contributed by atoms with Crippen molar-refractivity contribution >= 4 is 16.6 Å². The van der Waals surface area contributed by atoms with Crippen LogP contribution in [0.3, 0.4) is 0 Å². The molecule has 1 aliphatic rings. The minimum atomic E-state index is 0.716. The van der Waals surface area contributed by atoms with Gasteiger partial charge in [-0.15, -0.1) is 0 Å². The smallest absolute Gasteiger partial charge is 0.161 e. The largest absolute Gasteiger partial charge is 0.493 e. The van der Waals surface area contributed by atoms with Crippen LogP contribution in [-0.4, -0.2) is 56.8 Å². The fourth-order valence-electron chi connectivity index (χ4n) is 3.84. The lowest BCUT2D eigenvalue weighted by Crippen LogP contribution is -2.46. The summed E-state index contributed by atoms with van der Waals surface area (Å²) in [6.07, 6.45) is 0. The van der Waals surface area contributed by atoms with Crippen molar-refractivity contribution in [2.75, 3.05) is 51.8 Å². The molecule has 0 N–H and O–H groups in total. The number of ether oxygens (including phenoxy) is 2. The molecule has 0 aliphatic carbocycles. The molecule has 0 amide bonds. The van der Waals surface area contributed by atoms with Gasteiger partial charge in [0, 0.05) is 37.1 Å². The van der Waals surface area contributed by atoms with Crippen LogP contribution < -0.4 is 14.4 Å². The van der Waals surface area contributed by atoms with Gasteiger partial charge in [0.15, 0.2) is 11.5 Å². The molecule has 4 rings (SSSR count). The number of likely N-dealkylation sites (N-methyl/N-ethyl adjacent to an activating group) is 1. The van der Waals surface area contributed by atoms with Gasteiger partial charge in [0.25, 0.3) is 0 Å². The van der Waals surface area contributed by atoms with Crippen LogP contribution in [0.5, 0.6) is 11.5 Å². The molecule has 0 saturated carbocycles. The molecule has 0 unspecified atom stereocenters. The number of anilines is 1. The minimum absolute atomic E-state index is 0.716. The Labute approximate surface area is 166 Å². The van der Waals surface area contributed by atoms with Crippen LogP contribution in [0, 0.1) is 0 Å². The van der Waals surface area contributed by atoms with E-state index >= 15 is 0 Å². The average Bonchev–Trinajstić information content (AvgIpc) is 2.77. The number of nitrogens with zero attached hydrogens (tertiary/aromatic N) is 3. The van der Waals surface area contributed by atoms with E-state index in [4.69, 9.17) is 14.5 Å². The molecule has 1 saturated heterocycles. The molecule has 146 valence electrons. The van der Waals surface area contributed by atoms with Crippen LogP contribution in [-0.2, 0) is 0 Å². The highest BCUT2D eigenvalue weighted by molar-refractivity contribution is 5.95. The van der Waals surface area contributed by atoms with Crippen molar-refractivity contribution in [1.29, 1.82) is 0 Å². The lowest BCUT2D eigenvalue weighted by molar-refractivity contribution is 0.271. The molecule has 5 nitrogen and oxygen atoms in total. The monoisotopic (exact) mass is 377 g/mol. The maximum absolute atomic E-state index is 5.49. The number of rotatable bonds is 5. The molecule has 0 radical (unpaired) electrons. The molecule has 28 heavy (non-hydrogen) atoms. The molecule has 0 bridgehead atoms. The fraction of sp³-hybridized carbons (Fsp3) is 0.348. The maximum atomic E-state index is 5.49. The zero-order valence-corrected chi connectivity index (χ0v) is 16.8. The normalized spacial score (nSPS) is 15.0. The Hall–Kier alpha value is -2.79. The molecule has 2 aromatic carbocycles. The first kappa shape index (κ1) is 18.6. The summed E-state index contributed by atoms with van der Waals surface area (Å²) in [4.78, 5) is 9.99. The summed E-state index contributed by atoms with van der Waals surface area (Å²) in [5, 5.41) is 2.41. The van der Waals surface area contributed by atoms with Crippen molar-refractivity contribution in [2.45, 2.75) is 6.92 Å². The Balaban J connectivity index is 1.78. The van der Waals surface area contributed by atoms with Crippen LogP contribution in [0.2, 0.25) is 0 Å². The van der Waals surface area contributed by atoms with Gasteiger partial charge >= 0.3 is 0 Å². The van der Waals surface area contributed by atoms with E-state index in [9.17, 15) is 0 Å². The van der Waals surface area contributed by atoms with E-state index in [1.54, 1.807) is 14.2 Å². The van der Waals surface area contributed by atoms with Crippen molar-refractivity contribution in [3.63, 3.8) is 0 Å². The lowest BCUT2D eigenvalue weighted by Gasteiger charge is -2.35. The summed E-state index contributed by atoms with van der Waals surface area (Å²) in [7, 11) is 3.31. The Morgan fingerprint density at radius 1 is 0.893 bits per heavy atom. The van der Waals surface area contributed by atoms with Crippen LogP contribution in [0.15, 0.2) is 48.5 Å². The van der Waals surface area contributed by atoms with Crippen LogP contribution in [0.1, 0.15) is 6.92 Å². The van der Waals surface area contributed by atoms with Crippen LogP contribution in [0.25, 0.3) is 22.0 Å². The van der Waals surface area contributed by atoms with E-state index in [-0.39, 0.29) is 0 Å². The Morgan fingerprint density at radius 3 is 2.36 bits per heavy atom. The number of benzene rings is 2. The van der Waals surface area contributed by atoms with E-state index < -0.39 is 0 Å². The third-order valence-corrected chi connectivity index (χ3v) is 5.52. The Bertz CT molecular complexity index is 965. The quantitative estimate of drug-likeness (QED) is 0.670. The highest BCUT2D eigenvalue weighted by Crippen LogP contribution is 2.35. The maximum Gasteiger partial charge on any atom is 0.161 e. The Morgan fingerprint density at radius 2 is 1.64 bits per heavy atom. The topological polar surface area (TPSA) is 37.8 Å². The van der Waals surface area contributed by atoms with Crippen molar-refractivity contribution in [2.24, 2.45) is 0 Å². The number of aromatic nitrogens is 1. The second kappa shape index (κ2) is 8.07. The van der Waals surface area contributed by atoms with Crippen LogP contribution in [0.4, 0.5) is 5.82 Å². The van der Waals surface area contributed by atoms with Gasteiger partial charge in [-0.2, -0.15) is 0 Å². The van der Waals surface area contributed by atoms with Gasteiger partial charge in [-0.1, -0.05) is 31.2 Å². The molecule has 3 aromatic rings. The first-order valence-corrected chi connectivity index (χ1v) is 9.83. The van der Waals surface area contributed by atoms with Gasteiger partial charge in [0.1, 0.15) is 5.82 Å². The molecular weight excluding hydrogens is 350 g/mol. The zero-order chi connectivity index (χ0) is 19.5. The molecule has 5 heteroatoms. The zero-order valence-electron chi connectivity index (χ0n) is 16.8. The van der Waals surface area contributed by atoms with E-state index in [1.165, 1.54) is 10.8 Å². The molecule has 2 heterocycles. The summed E-state index contributed by atoms with van der Waals surface area (Å²) in [6, 6.07) is 16.6.